The van der Waals surface area contributed by atoms with Crippen molar-refractivity contribution in [2.45, 2.75) is 24.0 Å². The van der Waals surface area contributed by atoms with E-state index in [4.69, 9.17) is 0 Å². The predicted molar refractivity (Wildman–Crippen MR) is 64.8 cm³/mol. The molecule has 1 atom stereocenters. The van der Waals surface area contributed by atoms with E-state index < -0.39 is 47.7 Å². The average molecular weight is 327 g/mol. The zero-order valence-electron chi connectivity index (χ0n) is 10.6. The molecule has 1 aromatic rings. The molecule has 0 aromatic heterocycles. The summed E-state index contributed by atoms with van der Waals surface area (Å²) in [6.07, 6.45) is -2.02. The quantitative estimate of drug-likeness (QED) is 0.334. The molecule has 9 heteroatoms. The van der Waals surface area contributed by atoms with Crippen LogP contribution < -0.4 is 0 Å². The molecule has 0 heterocycles. The molecule has 0 aliphatic heterocycles. The third-order valence-electron chi connectivity index (χ3n) is 2.51. The van der Waals surface area contributed by atoms with E-state index in [2.05, 4.69) is 4.74 Å². The summed E-state index contributed by atoms with van der Waals surface area (Å²) in [5, 5.41) is -5.16. The van der Waals surface area contributed by atoms with Crippen molar-refractivity contribution in [2.24, 2.45) is 0 Å². The van der Waals surface area contributed by atoms with Gasteiger partial charge in [0.15, 0.2) is 0 Å². The van der Waals surface area contributed by atoms with Gasteiger partial charge in [0, 0.05) is 17.5 Å². The van der Waals surface area contributed by atoms with Crippen LogP contribution in [0.1, 0.15) is 23.2 Å². The fourth-order valence-electron chi connectivity index (χ4n) is 1.38. The van der Waals surface area contributed by atoms with Crippen LogP contribution in [0, 0.1) is 0 Å². The lowest BCUT2D eigenvalue weighted by molar-refractivity contribution is -0.163. The lowest BCUT2D eigenvalue weighted by atomic mass is 10.2. The maximum atomic E-state index is 13.0. The highest BCUT2D eigenvalue weighted by atomic mass is 32.2. The molecule has 1 aromatic carbocycles. The Hall–Kier alpha value is -1.48. The highest BCUT2D eigenvalue weighted by Crippen LogP contribution is 2.39. The van der Waals surface area contributed by atoms with Crippen LogP contribution in [0.25, 0.3) is 0 Å². The molecular weight excluding hydrogens is 316 g/mol. The number of hydrogen-bond donors (Lipinski definition) is 0. The van der Waals surface area contributed by atoms with Crippen LogP contribution in [0.15, 0.2) is 30.3 Å². The minimum atomic E-state index is -5.16. The van der Waals surface area contributed by atoms with Crippen molar-refractivity contribution in [3.8, 4) is 0 Å². The van der Waals surface area contributed by atoms with E-state index in [0.717, 1.165) is 0 Å². The molecule has 0 radical (unpaired) electrons. The van der Waals surface area contributed by atoms with Crippen LogP contribution in [0.2, 0.25) is 0 Å². The molecule has 0 aliphatic carbocycles. The van der Waals surface area contributed by atoms with Gasteiger partial charge in [-0.15, -0.1) is 0 Å². The van der Waals surface area contributed by atoms with E-state index in [0.29, 0.717) is 0 Å². The fourth-order valence-corrected chi connectivity index (χ4v) is 1.73. The molecular formula is C12H11F4O4S-. The third kappa shape index (κ3) is 4.50. The van der Waals surface area contributed by atoms with E-state index >= 15 is 0 Å². The lowest BCUT2D eigenvalue weighted by Crippen LogP contribution is -2.44. The van der Waals surface area contributed by atoms with Gasteiger partial charge < -0.3 is 9.29 Å². The van der Waals surface area contributed by atoms with Crippen LogP contribution in [-0.4, -0.2) is 32.5 Å². The summed E-state index contributed by atoms with van der Waals surface area (Å²) in [4.78, 5) is 11.4. The number of benzene rings is 1. The summed E-state index contributed by atoms with van der Waals surface area (Å²) >= 11 is -4.23. The van der Waals surface area contributed by atoms with Crippen molar-refractivity contribution >= 4 is 17.0 Å². The molecule has 0 saturated heterocycles. The van der Waals surface area contributed by atoms with Gasteiger partial charge in [0.05, 0.1) is 12.2 Å². The van der Waals surface area contributed by atoms with Crippen LogP contribution in [0.5, 0.6) is 0 Å². The molecule has 1 rings (SSSR count). The second-order valence-corrected chi connectivity index (χ2v) is 5.04. The summed E-state index contributed by atoms with van der Waals surface area (Å²) in [5.74, 6) is -5.50. The van der Waals surface area contributed by atoms with Crippen molar-refractivity contribution in [1.29, 1.82) is 0 Å². The van der Waals surface area contributed by atoms with Gasteiger partial charge in [-0.05, 0) is 18.6 Å². The number of rotatable bonds is 7. The zero-order valence-corrected chi connectivity index (χ0v) is 11.4. The largest absolute Gasteiger partial charge is 0.768 e. The smallest absolute Gasteiger partial charge is 0.371 e. The van der Waals surface area contributed by atoms with Crippen LogP contribution in [0.4, 0.5) is 17.6 Å². The minimum absolute atomic E-state index is 0.190. The topological polar surface area (TPSA) is 66.4 Å². The molecule has 0 aliphatic rings. The molecule has 0 fully saturated rings. The van der Waals surface area contributed by atoms with Gasteiger partial charge in [0.1, 0.15) is 0 Å². The molecule has 21 heavy (non-hydrogen) atoms. The SMILES string of the molecule is O=C(OCCCC(F)(F)C(F)(F)S(=O)[O-])c1ccccc1. The minimum Gasteiger partial charge on any atom is -0.768 e. The monoisotopic (exact) mass is 327 g/mol. The van der Waals surface area contributed by atoms with Crippen molar-refractivity contribution in [2.75, 3.05) is 6.61 Å². The Morgan fingerprint density at radius 3 is 2.29 bits per heavy atom. The van der Waals surface area contributed by atoms with E-state index in [-0.39, 0.29) is 5.56 Å². The van der Waals surface area contributed by atoms with Crippen molar-refractivity contribution in [3.63, 3.8) is 0 Å². The Kier molecular flexibility index (Phi) is 5.85. The second kappa shape index (κ2) is 6.99. The molecule has 0 bridgehead atoms. The van der Waals surface area contributed by atoms with Gasteiger partial charge in [-0.1, -0.05) is 18.2 Å². The lowest BCUT2D eigenvalue weighted by Gasteiger charge is -2.27. The van der Waals surface area contributed by atoms with Crippen molar-refractivity contribution in [1.82, 2.24) is 0 Å². The highest BCUT2D eigenvalue weighted by molar-refractivity contribution is 7.80. The zero-order chi connectivity index (χ0) is 16.1. The summed E-state index contributed by atoms with van der Waals surface area (Å²) in [7, 11) is 0. The maximum Gasteiger partial charge on any atom is 0.371 e. The first-order valence-electron chi connectivity index (χ1n) is 5.75. The first-order valence-corrected chi connectivity index (χ1v) is 6.83. The van der Waals surface area contributed by atoms with Crippen molar-refractivity contribution < 1.29 is 35.9 Å². The summed E-state index contributed by atoms with van der Waals surface area (Å²) in [5.41, 5.74) is 0.190. The number of alkyl halides is 4. The van der Waals surface area contributed by atoms with Crippen LogP contribution in [-0.2, 0) is 15.8 Å². The summed E-state index contributed by atoms with van der Waals surface area (Å²) in [6, 6.07) is 7.66. The first-order chi connectivity index (χ1) is 9.68. The fraction of sp³-hybridized carbons (Fsp3) is 0.417. The van der Waals surface area contributed by atoms with E-state index in [1.807, 2.05) is 0 Å². The Morgan fingerprint density at radius 2 is 1.76 bits per heavy atom. The molecule has 0 saturated carbocycles. The number of hydrogen-bond acceptors (Lipinski definition) is 4. The maximum absolute atomic E-state index is 13.0. The van der Waals surface area contributed by atoms with Gasteiger partial charge in [0.25, 0.3) is 0 Å². The van der Waals surface area contributed by atoms with Gasteiger partial charge in [-0.3, -0.25) is 4.21 Å². The van der Waals surface area contributed by atoms with Crippen LogP contribution >= 0.6 is 0 Å². The second-order valence-electron chi connectivity index (χ2n) is 4.06. The van der Waals surface area contributed by atoms with Gasteiger partial charge in [0.2, 0.25) is 0 Å². The normalized spacial score (nSPS) is 13.8. The van der Waals surface area contributed by atoms with Gasteiger partial charge >= 0.3 is 17.1 Å². The molecule has 4 nitrogen and oxygen atoms in total. The number of esters is 1. The molecule has 118 valence electrons. The van der Waals surface area contributed by atoms with Crippen LogP contribution in [0.3, 0.4) is 0 Å². The van der Waals surface area contributed by atoms with Crippen molar-refractivity contribution in [3.05, 3.63) is 35.9 Å². The van der Waals surface area contributed by atoms with E-state index in [1.54, 1.807) is 18.2 Å². The number of halogens is 4. The molecule has 1 unspecified atom stereocenters. The number of ether oxygens (including phenoxy) is 1. The molecule has 0 spiro atoms. The Morgan fingerprint density at radius 1 is 1.19 bits per heavy atom. The standard InChI is InChI=1S/C12H12F4O4S/c13-11(14,12(15,16)21(18)19)7-4-8-20-10(17)9-5-2-1-3-6-9/h1-3,5-6H,4,7-8H2,(H,18,19)/p-1. The Bertz CT molecular complexity index is 507. The molecule has 0 amide bonds. The summed E-state index contributed by atoms with van der Waals surface area (Å²) in [6.45, 7) is -0.523. The van der Waals surface area contributed by atoms with E-state index in [1.165, 1.54) is 12.1 Å². The van der Waals surface area contributed by atoms with Gasteiger partial charge in [-0.2, -0.15) is 17.6 Å². The Balaban J connectivity index is 2.44. The number of carbonyl (C=O) groups excluding carboxylic acids is 1. The molecule has 0 N–H and O–H groups in total. The predicted octanol–water partition coefficient (Wildman–Crippen LogP) is 2.73. The summed E-state index contributed by atoms with van der Waals surface area (Å²) < 4.78 is 76.2. The Labute approximate surface area is 120 Å². The van der Waals surface area contributed by atoms with Gasteiger partial charge in [-0.25, -0.2) is 4.79 Å². The number of carbonyl (C=O) groups is 1. The average Bonchev–Trinajstić information content (AvgIpc) is 2.44. The first kappa shape index (κ1) is 17.6. The van der Waals surface area contributed by atoms with E-state index in [9.17, 15) is 31.1 Å². The third-order valence-corrected chi connectivity index (χ3v) is 3.23. The highest BCUT2D eigenvalue weighted by Gasteiger charge is 2.56.